The minimum absolute atomic E-state index is 0.526. The first-order chi connectivity index (χ1) is 10.2. The molecule has 12 heteroatoms. The van der Waals surface area contributed by atoms with Crippen LogP contribution in [0, 0.1) is 17.8 Å². The molecule has 0 fully saturated rings. The Hall–Kier alpha value is -0.840. The topological polar surface area (TPSA) is 0 Å². The van der Waals surface area contributed by atoms with E-state index in [-0.39, 0.29) is 0 Å². The molecule has 0 aliphatic rings. The summed E-state index contributed by atoms with van der Waals surface area (Å²) in [5.41, 5.74) is 0. The first kappa shape index (κ1) is 25.4. The highest BCUT2D eigenvalue weighted by Crippen LogP contribution is 2.39. The molecule has 0 bridgehead atoms. The van der Waals surface area contributed by atoms with Gasteiger partial charge in [0.15, 0.2) is 0 Å². The molecule has 3 unspecified atom stereocenters. The molecule has 0 aromatic carbocycles. The second-order valence-electron chi connectivity index (χ2n) is 5.26. The zero-order valence-corrected chi connectivity index (χ0v) is 12.7. The number of alkyl halides is 12. The summed E-state index contributed by atoms with van der Waals surface area (Å²) in [5, 5.41) is 0. The SMILES string of the molecule is CC(C(C)C(F)(F)F)C(F)(F)F.CC(CCC(F)(F)F)C(F)(F)F. The molecule has 0 aliphatic heterocycles. The maximum atomic E-state index is 11.7. The van der Waals surface area contributed by atoms with Gasteiger partial charge in [0.05, 0.1) is 17.8 Å². The van der Waals surface area contributed by atoms with E-state index >= 15 is 0 Å². The van der Waals surface area contributed by atoms with Crippen LogP contribution in [0.1, 0.15) is 33.6 Å². The van der Waals surface area contributed by atoms with Crippen molar-refractivity contribution in [2.75, 3.05) is 0 Å². The van der Waals surface area contributed by atoms with Crippen LogP contribution in [0.2, 0.25) is 0 Å². The smallest absolute Gasteiger partial charge is 0.171 e. The summed E-state index contributed by atoms with van der Waals surface area (Å²) in [6, 6.07) is 0. The first-order valence-corrected chi connectivity index (χ1v) is 6.46. The van der Waals surface area contributed by atoms with Crippen molar-refractivity contribution in [1.82, 2.24) is 0 Å². The van der Waals surface area contributed by atoms with E-state index in [2.05, 4.69) is 0 Å². The van der Waals surface area contributed by atoms with Crippen molar-refractivity contribution in [1.29, 1.82) is 0 Å². The molecule has 0 radical (unpaired) electrons. The number of rotatable bonds is 3. The van der Waals surface area contributed by atoms with Gasteiger partial charge in [0.1, 0.15) is 0 Å². The molecule has 0 aromatic heterocycles. The minimum atomic E-state index is -4.78. The van der Waals surface area contributed by atoms with Crippen LogP contribution in [0.5, 0.6) is 0 Å². The maximum Gasteiger partial charge on any atom is 0.392 e. The highest BCUT2D eigenvalue weighted by Gasteiger charge is 2.50. The molecular formula is C12H16F12. The van der Waals surface area contributed by atoms with Crippen LogP contribution in [0.25, 0.3) is 0 Å². The van der Waals surface area contributed by atoms with Crippen LogP contribution in [0.4, 0.5) is 52.7 Å². The summed E-state index contributed by atoms with van der Waals surface area (Å²) in [5.74, 6) is -6.59. The standard InChI is InChI=1S/2C6H8F6/c1-4(6(10,11)12)2-3-5(7,8)9;1-3(5(7,8)9)4(2)6(10,11)12/h4H,2-3H2,1H3;3-4H,1-2H3. The van der Waals surface area contributed by atoms with Gasteiger partial charge in [-0.05, 0) is 6.42 Å². The van der Waals surface area contributed by atoms with E-state index in [1.54, 1.807) is 0 Å². The summed E-state index contributed by atoms with van der Waals surface area (Å²) < 4.78 is 140. The third-order valence-electron chi connectivity index (χ3n) is 3.20. The molecule has 24 heavy (non-hydrogen) atoms. The third-order valence-corrected chi connectivity index (χ3v) is 3.20. The fraction of sp³-hybridized carbons (Fsp3) is 1.00. The molecular weight excluding hydrogens is 372 g/mol. The largest absolute Gasteiger partial charge is 0.392 e. The normalized spacial score (nSPS) is 17.6. The molecule has 0 heterocycles. The van der Waals surface area contributed by atoms with Crippen molar-refractivity contribution >= 4 is 0 Å². The second-order valence-corrected chi connectivity index (χ2v) is 5.26. The third kappa shape index (κ3) is 11.7. The van der Waals surface area contributed by atoms with Crippen molar-refractivity contribution in [3.05, 3.63) is 0 Å². The van der Waals surface area contributed by atoms with Gasteiger partial charge in [-0.3, -0.25) is 0 Å². The minimum Gasteiger partial charge on any atom is -0.171 e. The van der Waals surface area contributed by atoms with E-state index in [1.807, 2.05) is 0 Å². The second kappa shape index (κ2) is 8.50. The summed E-state index contributed by atoms with van der Waals surface area (Å²) in [6.07, 6.45) is -20.9. The predicted octanol–water partition coefficient (Wildman–Crippen LogP) is 6.91. The van der Waals surface area contributed by atoms with Gasteiger partial charge in [-0.1, -0.05) is 20.8 Å². The van der Waals surface area contributed by atoms with Crippen molar-refractivity contribution in [2.24, 2.45) is 17.8 Å². The molecule has 0 amide bonds. The molecule has 3 atom stereocenters. The molecule has 148 valence electrons. The Morgan fingerprint density at radius 3 is 1.00 bits per heavy atom. The van der Waals surface area contributed by atoms with Crippen molar-refractivity contribution < 1.29 is 52.7 Å². The number of halogens is 12. The van der Waals surface area contributed by atoms with Gasteiger partial charge in [-0.25, -0.2) is 0 Å². The summed E-state index contributed by atoms with van der Waals surface area (Å²) in [6.45, 7) is 1.79. The van der Waals surface area contributed by atoms with Crippen LogP contribution in [0.15, 0.2) is 0 Å². The van der Waals surface area contributed by atoms with Crippen LogP contribution in [0.3, 0.4) is 0 Å². The summed E-state index contributed by atoms with van der Waals surface area (Å²) >= 11 is 0. The van der Waals surface area contributed by atoms with Gasteiger partial charge >= 0.3 is 24.7 Å². The van der Waals surface area contributed by atoms with Crippen molar-refractivity contribution in [3.63, 3.8) is 0 Å². The average molecular weight is 388 g/mol. The molecule has 0 N–H and O–H groups in total. The van der Waals surface area contributed by atoms with E-state index in [0.717, 1.165) is 6.92 Å². The van der Waals surface area contributed by atoms with Gasteiger partial charge in [-0.2, -0.15) is 52.7 Å². The monoisotopic (exact) mass is 388 g/mol. The van der Waals surface area contributed by atoms with Crippen LogP contribution < -0.4 is 0 Å². The average Bonchev–Trinajstić information content (AvgIpc) is 2.30. The zero-order valence-electron chi connectivity index (χ0n) is 12.7. The highest BCUT2D eigenvalue weighted by atomic mass is 19.4. The molecule has 0 saturated carbocycles. The summed E-state index contributed by atoms with van der Waals surface area (Å²) in [4.78, 5) is 0. The van der Waals surface area contributed by atoms with Crippen molar-refractivity contribution in [3.8, 4) is 0 Å². The van der Waals surface area contributed by atoms with Gasteiger partial charge < -0.3 is 0 Å². The molecule has 0 spiro atoms. The van der Waals surface area contributed by atoms with E-state index in [4.69, 9.17) is 0 Å². The quantitative estimate of drug-likeness (QED) is 0.461. The van der Waals surface area contributed by atoms with Gasteiger partial charge in [0.25, 0.3) is 0 Å². The number of hydrogen-bond acceptors (Lipinski definition) is 0. The maximum absolute atomic E-state index is 11.7. The van der Waals surface area contributed by atoms with Gasteiger partial charge in [-0.15, -0.1) is 0 Å². The Kier molecular flexibility index (Phi) is 9.00. The van der Waals surface area contributed by atoms with Gasteiger partial charge in [0, 0.05) is 6.42 Å². The molecule has 0 aromatic rings. The molecule has 0 saturated heterocycles. The van der Waals surface area contributed by atoms with Crippen LogP contribution >= 0.6 is 0 Å². The lowest BCUT2D eigenvalue weighted by molar-refractivity contribution is -0.245. The van der Waals surface area contributed by atoms with Crippen LogP contribution in [-0.4, -0.2) is 24.7 Å². The Morgan fingerprint density at radius 2 is 0.833 bits per heavy atom. The Bertz CT molecular complexity index is 327. The fourth-order valence-corrected chi connectivity index (χ4v) is 1.11. The Morgan fingerprint density at radius 1 is 0.542 bits per heavy atom. The predicted molar refractivity (Wildman–Crippen MR) is 60.9 cm³/mol. The fourth-order valence-electron chi connectivity index (χ4n) is 1.11. The Labute approximate surface area is 130 Å². The van der Waals surface area contributed by atoms with E-state index in [1.165, 1.54) is 0 Å². The van der Waals surface area contributed by atoms with E-state index in [9.17, 15) is 52.7 Å². The number of hydrogen-bond donors (Lipinski definition) is 0. The summed E-state index contributed by atoms with van der Waals surface area (Å²) in [7, 11) is 0. The first-order valence-electron chi connectivity index (χ1n) is 6.46. The van der Waals surface area contributed by atoms with E-state index < -0.39 is 55.3 Å². The van der Waals surface area contributed by atoms with E-state index in [0.29, 0.717) is 13.8 Å². The van der Waals surface area contributed by atoms with Crippen molar-refractivity contribution in [2.45, 2.75) is 58.3 Å². The lowest BCUT2D eigenvalue weighted by Gasteiger charge is -2.24. The lowest BCUT2D eigenvalue weighted by Crippen LogP contribution is -2.35. The van der Waals surface area contributed by atoms with Crippen LogP contribution in [-0.2, 0) is 0 Å². The molecule has 0 rings (SSSR count). The zero-order chi connectivity index (χ0) is 20.1. The van der Waals surface area contributed by atoms with Gasteiger partial charge in [0.2, 0.25) is 0 Å². The molecule has 0 aliphatic carbocycles. The Balaban J connectivity index is 0. The highest BCUT2D eigenvalue weighted by molar-refractivity contribution is 4.74. The lowest BCUT2D eigenvalue weighted by atomic mass is 9.95. The molecule has 0 nitrogen and oxygen atoms in total.